The van der Waals surface area contributed by atoms with Crippen LogP contribution in [0.3, 0.4) is 0 Å². The van der Waals surface area contributed by atoms with Gasteiger partial charge in [-0.25, -0.2) is 4.98 Å². The van der Waals surface area contributed by atoms with Crippen molar-refractivity contribution in [1.82, 2.24) is 9.55 Å². The lowest BCUT2D eigenvalue weighted by Crippen LogP contribution is -2.42. The van der Waals surface area contributed by atoms with E-state index >= 15 is 0 Å². The van der Waals surface area contributed by atoms with E-state index in [9.17, 15) is 9.90 Å². The van der Waals surface area contributed by atoms with Crippen LogP contribution in [-0.2, 0) is 17.3 Å². The minimum atomic E-state index is -0.734. The molecule has 0 aromatic carbocycles. The quantitative estimate of drug-likeness (QED) is 0.770. The second-order valence-electron chi connectivity index (χ2n) is 4.03. The van der Waals surface area contributed by atoms with E-state index in [2.05, 4.69) is 4.98 Å². The van der Waals surface area contributed by atoms with E-state index in [-0.39, 0.29) is 0 Å². The third-order valence-electron chi connectivity index (χ3n) is 3.22. The van der Waals surface area contributed by atoms with E-state index < -0.39 is 11.4 Å². The van der Waals surface area contributed by atoms with E-state index in [4.69, 9.17) is 0 Å². The largest absolute Gasteiger partial charge is 0.481 e. The Morgan fingerprint density at radius 3 is 2.57 bits per heavy atom. The molecule has 0 radical (unpaired) electrons. The van der Waals surface area contributed by atoms with Gasteiger partial charge in [0.05, 0.1) is 5.69 Å². The number of hydrogen-bond donors (Lipinski definition) is 1. The number of rotatable bonds is 2. The van der Waals surface area contributed by atoms with Crippen molar-refractivity contribution in [3.63, 3.8) is 0 Å². The van der Waals surface area contributed by atoms with Crippen LogP contribution in [0.1, 0.15) is 30.8 Å². The number of carbonyl (C=O) groups is 1. The Morgan fingerprint density at radius 2 is 2.29 bits per heavy atom. The van der Waals surface area contributed by atoms with Crippen molar-refractivity contribution in [3.8, 4) is 0 Å². The highest BCUT2D eigenvalue weighted by molar-refractivity contribution is 5.81. The van der Waals surface area contributed by atoms with Crippen molar-refractivity contribution in [1.29, 1.82) is 0 Å². The maximum absolute atomic E-state index is 11.2. The molecule has 0 atom stereocenters. The molecule has 1 fully saturated rings. The van der Waals surface area contributed by atoms with E-state index in [0.717, 1.165) is 30.8 Å². The summed E-state index contributed by atoms with van der Waals surface area (Å²) in [6.07, 6.45) is 4.27. The standard InChI is InChI=1S/C10H14N2O2/c1-7-11-8(6-12(7)2)10(9(13)14)4-3-5-10/h6H,3-5H2,1-2H3,(H,13,14). The first-order chi connectivity index (χ1) is 6.56. The third kappa shape index (κ3) is 1.06. The van der Waals surface area contributed by atoms with Crippen LogP contribution in [0.2, 0.25) is 0 Å². The fourth-order valence-corrected chi connectivity index (χ4v) is 1.90. The molecule has 0 saturated heterocycles. The summed E-state index contributed by atoms with van der Waals surface area (Å²) in [7, 11) is 1.89. The van der Waals surface area contributed by atoms with Gasteiger partial charge in [-0.1, -0.05) is 6.42 Å². The number of aliphatic carboxylic acids is 1. The van der Waals surface area contributed by atoms with Gasteiger partial charge in [0.1, 0.15) is 11.2 Å². The monoisotopic (exact) mass is 194 g/mol. The summed E-state index contributed by atoms with van der Waals surface area (Å²) in [6, 6.07) is 0. The van der Waals surface area contributed by atoms with Gasteiger partial charge in [0.2, 0.25) is 0 Å². The lowest BCUT2D eigenvalue weighted by atomic mass is 9.67. The van der Waals surface area contributed by atoms with Gasteiger partial charge in [-0.05, 0) is 19.8 Å². The third-order valence-corrected chi connectivity index (χ3v) is 3.22. The summed E-state index contributed by atoms with van der Waals surface area (Å²) in [4.78, 5) is 15.5. The summed E-state index contributed by atoms with van der Waals surface area (Å²) in [5.74, 6) is 0.134. The second kappa shape index (κ2) is 2.83. The van der Waals surface area contributed by atoms with Crippen molar-refractivity contribution in [2.45, 2.75) is 31.6 Å². The molecule has 0 bridgehead atoms. The molecule has 0 amide bonds. The summed E-state index contributed by atoms with van der Waals surface area (Å²) < 4.78 is 1.87. The Labute approximate surface area is 82.6 Å². The molecule has 14 heavy (non-hydrogen) atoms. The summed E-state index contributed by atoms with van der Waals surface area (Å²) >= 11 is 0. The van der Waals surface area contributed by atoms with Gasteiger partial charge in [-0.15, -0.1) is 0 Å². The minimum Gasteiger partial charge on any atom is -0.481 e. The van der Waals surface area contributed by atoms with Crippen LogP contribution in [-0.4, -0.2) is 20.6 Å². The Hall–Kier alpha value is -1.32. The zero-order valence-electron chi connectivity index (χ0n) is 8.45. The summed E-state index contributed by atoms with van der Waals surface area (Å²) in [6.45, 7) is 1.89. The van der Waals surface area contributed by atoms with Gasteiger partial charge in [0, 0.05) is 13.2 Å². The predicted molar refractivity (Wildman–Crippen MR) is 51.1 cm³/mol. The number of imidazole rings is 1. The van der Waals surface area contributed by atoms with Crippen molar-refractivity contribution >= 4 is 5.97 Å². The van der Waals surface area contributed by atoms with Crippen LogP contribution in [0, 0.1) is 6.92 Å². The molecule has 2 rings (SSSR count). The van der Waals surface area contributed by atoms with Crippen LogP contribution in [0.25, 0.3) is 0 Å². The van der Waals surface area contributed by atoms with Crippen LogP contribution in [0.15, 0.2) is 6.20 Å². The first-order valence-corrected chi connectivity index (χ1v) is 4.80. The van der Waals surface area contributed by atoms with Crippen LogP contribution in [0.4, 0.5) is 0 Å². The molecule has 1 aliphatic carbocycles. The lowest BCUT2D eigenvalue weighted by molar-refractivity contribution is -0.147. The number of aromatic nitrogens is 2. The van der Waals surface area contributed by atoms with E-state index in [1.165, 1.54) is 0 Å². The Bertz CT molecular complexity index is 358. The maximum Gasteiger partial charge on any atom is 0.315 e. The molecule has 1 saturated carbocycles. The number of carboxylic acid groups (broad SMARTS) is 1. The number of aryl methyl sites for hydroxylation is 2. The Kier molecular flexibility index (Phi) is 1.87. The molecule has 1 N–H and O–H groups in total. The van der Waals surface area contributed by atoms with Gasteiger partial charge in [-0.2, -0.15) is 0 Å². The molecular weight excluding hydrogens is 180 g/mol. The second-order valence-corrected chi connectivity index (χ2v) is 4.03. The number of hydrogen-bond acceptors (Lipinski definition) is 2. The average Bonchev–Trinajstić information content (AvgIpc) is 2.28. The molecule has 4 nitrogen and oxygen atoms in total. The molecule has 1 aromatic rings. The van der Waals surface area contributed by atoms with E-state index in [1.54, 1.807) is 0 Å². The molecule has 1 aromatic heterocycles. The maximum atomic E-state index is 11.2. The van der Waals surface area contributed by atoms with Crippen molar-refractivity contribution in [2.24, 2.45) is 7.05 Å². The zero-order chi connectivity index (χ0) is 10.3. The minimum absolute atomic E-state index is 0.688. The molecule has 4 heteroatoms. The van der Waals surface area contributed by atoms with Crippen molar-refractivity contribution in [3.05, 3.63) is 17.7 Å². The highest BCUT2D eigenvalue weighted by Gasteiger charge is 2.47. The molecule has 1 heterocycles. The zero-order valence-corrected chi connectivity index (χ0v) is 8.45. The van der Waals surface area contributed by atoms with Crippen molar-refractivity contribution < 1.29 is 9.90 Å². The summed E-state index contributed by atoms with van der Waals surface area (Å²) in [5.41, 5.74) is 0.0303. The molecule has 76 valence electrons. The van der Waals surface area contributed by atoms with Gasteiger partial charge in [0.15, 0.2) is 0 Å². The molecule has 0 unspecified atom stereocenters. The topological polar surface area (TPSA) is 55.1 Å². The van der Waals surface area contributed by atoms with Gasteiger partial charge >= 0.3 is 5.97 Å². The van der Waals surface area contributed by atoms with Crippen LogP contribution >= 0.6 is 0 Å². The lowest BCUT2D eigenvalue weighted by Gasteiger charge is -2.35. The van der Waals surface area contributed by atoms with Crippen molar-refractivity contribution in [2.75, 3.05) is 0 Å². The van der Waals surface area contributed by atoms with Crippen LogP contribution < -0.4 is 0 Å². The Morgan fingerprint density at radius 1 is 1.64 bits per heavy atom. The van der Waals surface area contributed by atoms with Gasteiger partial charge in [0.25, 0.3) is 0 Å². The van der Waals surface area contributed by atoms with Gasteiger partial charge < -0.3 is 9.67 Å². The molecular formula is C10H14N2O2. The number of nitrogens with zero attached hydrogens (tertiary/aromatic N) is 2. The first-order valence-electron chi connectivity index (χ1n) is 4.80. The summed E-state index contributed by atoms with van der Waals surface area (Å²) in [5, 5.41) is 9.19. The average molecular weight is 194 g/mol. The SMILES string of the molecule is Cc1nc(C2(C(=O)O)CCC2)cn1C. The Balaban J connectivity index is 2.41. The molecule has 1 aliphatic rings. The fourth-order valence-electron chi connectivity index (χ4n) is 1.90. The van der Waals surface area contributed by atoms with E-state index in [0.29, 0.717) is 0 Å². The van der Waals surface area contributed by atoms with E-state index in [1.807, 2.05) is 24.7 Å². The molecule has 0 aliphatic heterocycles. The fraction of sp³-hybridized carbons (Fsp3) is 0.600. The predicted octanol–water partition coefficient (Wildman–Crippen LogP) is 1.23. The molecule has 0 spiro atoms. The smallest absolute Gasteiger partial charge is 0.315 e. The number of carboxylic acids is 1. The van der Waals surface area contributed by atoms with Crippen LogP contribution in [0.5, 0.6) is 0 Å². The van der Waals surface area contributed by atoms with Gasteiger partial charge in [-0.3, -0.25) is 4.79 Å². The highest BCUT2D eigenvalue weighted by atomic mass is 16.4. The normalized spacial score (nSPS) is 19.0. The highest BCUT2D eigenvalue weighted by Crippen LogP contribution is 2.43. The first kappa shape index (κ1) is 9.24.